The lowest BCUT2D eigenvalue weighted by atomic mass is 10.1. The highest BCUT2D eigenvalue weighted by Gasteiger charge is 2.16. The number of benzene rings is 2. The molecule has 0 aliphatic rings. The second kappa shape index (κ2) is 7.57. The Kier molecular flexibility index (Phi) is 5.76. The summed E-state index contributed by atoms with van der Waals surface area (Å²) in [6.45, 7) is 0.867. The van der Waals surface area contributed by atoms with Crippen LogP contribution >= 0.6 is 15.9 Å². The molecule has 0 saturated carbocycles. The van der Waals surface area contributed by atoms with E-state index >= 15 is 0 Å². The van der Waals surface area contributed by atoms with E-state index in [0.717, 1.165) is 28.8 Å². The van der Waals surface area contributed by atoms with Crippen LogP contribution in [0.1, 0.15) is 18.1 Å². The number of halogens is 2. The Morgan fingerprint density at radius 2 is 1.90 bits per heavy atom. The van der Waals surface area contributed by atoms with E-state index in [-0.39, 0.29) is 11.9 Å². The van der Waals surface area contributed by atoms with E-state index in [9.17, 15) is 4.39 Å². The van der Waals surface area contributed by atoms with Gasteiger partial charge in [-0.15, -0.1) is 0 Å². The number of hydrogen-bond acceptors (Lipinski definition) is 2. The van der Waals surface area contributed by atoms with Crippen LogP contribution in [0, 0.1) is 5.82 Å². The quantitative estimate of drug-likeness (QED) is 0.750. The molecule has 21 heavy (non-hydrogen) atoms. The van der Waals surface area contributed by atoms with Crippen LogP contribution < -0.4 is 4.74 Å². The molecule has 0 amide bonds. The van der Waals surface area contributed by atoms with E-state index in [0.29, 0.717) is 0 Å². The molecule has 0 bridgehead atoms. The Bertz CT molecular complexity index is 589. The summed E-state index contributed by atoms with van der Waals surface area (Å²) in [5.41, 5.74) is 0.854. The fourth-order valence-electron chi connectivity index (χ4n) is 2.07. The van der Waals surface area contributed by atoms with Crippen molar-refractivity contribution in [1.29, 1.82) is 0 Å². The minimum absolute atomic E-state index is 0.179. The van der Waals surface area contributed by atoms with E-state index in [1.807, 2.05) is 44.4 Å². The Morgan fingerprint density at radius 3 is 2.57 bits per heavy atom. The standard InChI is InChI=1S/C17H19BrFNO/c1-20(2)11-10-16(13-6-5-7-14(19)12-13)21-17-9-4-3-8-15(17)18/h3-9,12,16H,10-11H2,1-2H3. The topological polar surface area (TPSA) is 12.5 Å². The van der Waals surface area contributed by atoms with Crippen LogP contribution in [0.15, 0.2) is 53.0 Å². The average Bonchev–Trinajstić information content (AvgIpc) is 2.45. The van der Waals surface area contributed by atoms with Crippen molar-refractivity contribution in [3.63, 3.8) is 0 Å². The maximum absolute atomic E-state index is 13.5. The lowest BCUT2D eigenvalue weighted by Crippen LogP contribution is -2.19. The van der Waals surface area contributed by atoms with Crippen LogP contribution in [0.4, 0.5) is 4.39 Å². The van der Waals surface area contributed by atoms with E-state index in [1.165, 1.54) is 12.1 Å². The summed E-state index contributed by atoms with van der Waals surface area (Å²) in [6.07, 6.45) is 0.611. The second-order valence-corrected chi connectivity index (χ2v) is 6.04. The van der Waals surface area contributed by atoms with Crippen LogP contribution in [0.25, 0.3) is 0 Å². The summed E-state index contributed by atoms with van der Waals surface area (Å²) < 4.78 is 20.5. The molecule has 0 aliphatic heterocycles. The molecule has 0 spiro atoms. The van der Waals surface area contributed by atoms with E-state index in [1.54, 1.807) is 6.07 Å². The molecule has 0 fully saturated rings. The third kappa shape index (κ3) is 4.83. The van der Waals surface area contributed by atoms with Gasteiger partial charge >= 0.3 is 0 Å². The molecule has 0 N–H and O–H groups in total. The summed E-state index contributed by atoms with van der Waals surface area (Å²) in [4.78, 5) is 2.09. The van der Waals surface area contributed by atoms with Gasteiger partial charge in [0.05, 0.1) is 4.47 Å². The molecule has 112 valence electrons. The summed E-state index contributed by atoms with van der Waals surface area (Å²) in [5, 5.41) is 0. The molecule has 0 aromatic heterocycles. The maximum Gasteiger partial charge on any atom is 0.134 e. The first-order valence-corrected chi connectivity index (χ1v) is 7.67. The number of hydrogen-bond donors (Lipinski definition) is 0. The highest BCUT2D eigenvalue weighted by Crippen LogP contribution is 2.31. The van der Waals surface area contributed by atoms with Gasteiger partial charge in [-0.25, -0.2) is 4.39 Å². The molecule has 0 radical (unpaired) electrons. The molecule has 2 nitrogen and oxygen atoms in total. The van der Waals surface area contributed by atoms with Gasteiger partial charge in [-0.1, -0.05) is 24.3 Å². The van der Waals surface area contributed by atoms with Crippen molar-refractivity contribution in [3.8, 4) is 5.75 Å². The molecule has 2 aromatic rings. The van der Waals surface area contributed by atoms with Crippen molar-refractivity contribution in [2.24, 2.45) is 0 Å². The van der Waals surface area contributed by atoms with Crippen LogP contribution in [0.2, 0.25) is 0 Å². The van der Waals surface area contributed by atoms with Crippen molar-refractivity contribution in [1.82, 2.24) is 4.90 Å². The molecule has 4 heteroatoms. The van der Waals surface area contributed by atoms with Crippen LogP contribution in [0.3, 0.4) is 0 Å². The van der Waals surface area contributed by atoms with Gasteiger partial charge in [0.2, 0.25) is 0 Å². The Hall–Kier alpha value is -1.39. The predicted octanol–water partition coefficient (Wildman–Crippen LogP) is 4.66. The third-order valence-corrected chi connectivity index (χ3v) is 3.82. The molecular weight excluding hydrogens is 333 g/mol. The summed E-state index contributed by atoms with van der Waals surface area (Å²) in [5.74, 6) is 0.531. The van der Waals surface area contributed by atoms with E-state index in [4.69, 9.17) is 4.74 Å². The Labute approximate surface area is 133 Å². The van der Waals surface area contributed by atoms with Gasteiger partial charge in [0.1, 0.15) is 17.7 Å². The largest absolute Gasteiger partial charge is 0.485 e. The smallest absolute Gasteiger partial charge is 0.134 e. The van der Waals surface area contributed by atoms with Crippen LogP contribution in [-0.2, 0) is 0 Å². The minimum Gasteiger partial charge on any atom is -0.485 e. The molecule has 1 atom stereocenters. The second-order valence-electron chi connectivity index (χ2n) is 5.18. The average molecular weight is 352 g/mol. The highest BCUT2D eigenvalue weighted by molar-refractivity contribution is 9.10. The van der Waals surface area contributed by atoms with Crippen molar-refractivity contribution < 1.29 is 9.13 Å². The van der Waals surface area contributed by atoms with Gasteiger partial charge in [0.25, 0.3) is 0 Å². The summed E-state index contributed by atoms with van der Waals surface area (Å²) in [6, 6.07) is 14.3. The fraction of sp³-hybridized carbons (Fsp3) is 0.294. The zero-order valence-corrected chi connectivity index (χ0v) is 13.8. The number of ether oxygens (including phenoxy) is 1. The third-order valence-electron chi connectivity index (χ3n) is 3.16. The molecular formula is C17H19BrFNO. The number of para-hydroxylation sites is 1. The number of rotatable bonds is 6. The van der Waals surface area contributed by atoms with Gasteiger partial charge in [0, 0.05) is 13.0 Å². The molecule has 0 aliphatic carbocycles. The van der Waals surface area contributed by atoms with Crippen molar-refractivity contribution in [3.05, 3.63) is 64.4 Å². The zero-order valence-electron chi connectivity index (χ0n) is 12.2. The van der Waals surface area contributed by atoms with Crippen molar-refractivity contribution in [2.75, 3.05) is 20.6 Å². The number of nitrogens with zero attached hydrogens (tertiary/aromatic N) is 1. The molecule has 0 heterocycles. The zero-order chi connectivity index (χ0) is 15.2. The van der Waals surface area contributed by atoms with Crippen LogP contribution in [0.5, 0.6) is 5.75 Å². The molecule has 2 rings (SSSR count). The first-order valence-electron chi connectivity index (χ1n) is 6.87. The van der Waals surface area contributed by atoms with Crippen molar-refractivity contribution >= 4 is 15.9 Å². The highest BCUT2D eigenvalue weighted by atomic mass is 79.9. The van der Waals surface area contributed by atoms with Crippen LogP contribution in [-0.4, -0.2) is 25.5 Å². The van der Waals surface area contributed by atoms with Gasteiger partial charge in [-0.3, -0.25) is 0 Å². The maximum atomic E-state index is 13.5. The van der Waals surface area contributed by atoms with E-state index in [2.05, 4.69) is 20.8 Å². The molecule has 0 saturated heterocycles. The lowest BCUT2D eigenvalue weighted by molar-refractivity contribution is 0.178. The monoisotopic (exact) mass is 351 g/mol. The first-order chi connectivity index (χ1) is 10.1. The Balaban J connectivity index is 2.21. The Morgan fingerprint density at radius 1 is 1.14 bits per heavy atom. The molecule has 1 unspecified atom stereocenters. The van der Waals surface area contributed by atoms with Gasteiger partial charge in [-0.05, 0) is 59.9 Å². The first kappa shape index (κ1) is 16.0. The summed E-state index contributed by atoms with van der Waals surface area (Å²) in [7, 11) is 4.03. The minimum atomic E-state index is -0.238. The SMILES string of the molecule is CN(C)CCC(Oc1ccccc1Br)c1cccc(F)c1. The fourth-order valence-corrected chi connectivity index (χ4v) is 2.45. The van der Waals surface area contributed by atoms with Crippen molar-refractivity contribution in [2.45, 2.75) is 12.5 Å². The summed E-state index contributed by atoms with van der Waals surface area (Å²) >= 11 is 3.48. The van der Waals surface area contributed by atoms with Gasteiger partial charge in [0.15, 0.2) is 0 Å². The van der Waals surface area contributed by atoms with E-state index < -0.39 is 0 Å². The normalized spacial score (nSPS) is 12.4. The van der Waals surface area contributed by atoms with Gasteiger partial charge in [-0.2, -0.15) is 0 Å². The predicted molar refractivity (Wildman–Crippen MR) is 87.1 cm³/mol. The lowest BCUT2D eigenvalue weighted by Gasteiger charge is -2.22. The molecule has 2 aromatic carbocycles. The van der Waals surface area contributed by atoms with Gasteiger partial charge < -0.3 is 9.64 Å².